The Morgan fingerprint density at radius 1 is 1.12 bits per heavy atom. The standard InChI is InChI=1S/C17H14FN5OS/c18-14-5-3-13(4-6-14)16-21-22-17(23(16)20)25-10-9-24-15-7-1-12(11-19)2-8-15/h1-8H,9-10,20H2. The molecule has 1 heterocycles. The molecule has 0 radical (unpaired) electrons. The predicted octanol–water partition coefficient (Wildman–Crippen LogP) is 2.84. The Balaban J connectivity index is 1.55. The molecule has 0 bridgehead atoms. The van der Waals surface area contributed by atoms with E-state index in [0.29, 0.717) is 40.2 Å². The van der Waals surface area contributed by atoms with Crippen molar-refractivity contribution in [2.24, 2.45) is 0 Å². The van der Waals surface area contributed by atoms with Gasteiger partial charge in [-0.15, -0.1) is 10.2 Å². The molecule has 25 heavy (non-hydrogen) atoms. The minimum absolute atomic E-state index is 0.318. The van der Waals surface area contributed by atoms with Crippen LogP contribution in [0.25, 0.3) is 11.4 Å². The zero-order chi connectivity index (χ0) is 17.6. The van der Waals surface area contributed by atoms with Crippen LogP contribution in [0.5, 0.6) is 5.75 Å². The second kappa shape index (κ2) is 7.68. The Kier molecular flexibility index (Phi) is 5.16. The number of rotatable bonds is 6. The highest BCUT2D eigenvalue weighted by molar-refractivity contribution is 7.99. The molecule has 0 saturated carbocycles. The summed E-state index contributed by atoms with van der Waals surface area (Å²) in [6.07, 6.45) is 0. The minimum Gasteiger partial charge on any atom is -0.493 e. The van der Waals surface area contributed by atoms with Crippen molar-refractivity contribution in [2.75, 3.05) is 18.2 Å². The number of halogens is 1. The largest absolute Gasteiger partial charge is 0.493 e. The van der Waals surface area contributed by atoms with Gasteiger partial charge in [0.25, 0.3) is 0 Å². The second-order valence-corrected chi connectivity index (χ2v) is 6.08. The van der Waals surface area contributed by atoms with E-state index in [-0.39, 0.29) is 5.82 Å². The number of thioether (sulfide) groups is 1. The lowest BCUT2D eigenvalue weighted by Crippen LogP contribution is -2.12. The molecular weight excluding hydrogens is 341 g/mol. The van der Waals surface area contributed by atoms with Gasteiger partial charge >= 0.3 is 0 Å². The zero-order valence-corrected chi connectivity index (χ0v) is 13.9. The van der Waals surface area contributed by atoms with Crippen LogP contribution in [-0.4, -0.2) is 27.2 Å². The molecule has 0 spiro atoms. The van der Waals surface area contributed by atoms with Gasteiger partial charge in [0.1, 0.15) is 11.6 Å². The molecule has 0 unspecified atom stereocenters. The third kappa shape index (κ3) is 4.08. The Hall–Kier alpha value is -3.05. The van der Waals surface area contributed by atoms with Crippen molar-refractivity contribution < 1.29 is 9.13 Å². The number of ether oxygens (including phenoxy) is 1. The van der Waals surface area contributed by atoms with E-state index in [9.17, 15) is 4.39 Å². The van der Waals surface area contributed by atoms with Crippen LogP contribution in [0.1, 0.15) is 5.56 Å². The van der Waals surface area contributed by atoms with Crippen LogP contribution in [-0.2, 0) is 0 Å². The van der Waals surface area contributed by atoms with Gasteiger partial charge in [0, 0.05) is 11.3 Å². The van der Waals surface area contributed by atoms with E-state index in [1.165, 1.54) is 28.6 Å². The van der Waals surface area contributed by atoms with Gasteiger partial charge in [0.15, 0.2) is 5.82 Å². The van der Waals surface area contributed by atoms with Gasteiger partial charge in [-0.25, -0.2) is 9.07 Å². The maximum Gasteiger partial charge on any atom is 0.210 e. The molecule has 0 amide bonds. The molecule has 0 atom stereocenters. The summed E-state index contributed by atoms with van der Waals surface area (Å²) < 4.78 is 20.0. The Morgan fingerprint density at radius 2 is 1.84 bits per heavy atom. The van der Waals surface area contributed by atoms with Crippen LogP contribution < -0.4 is 10.6 Å². The highest BCUT2D eigenvalue weighted by atomic mass is 32.2. The first-order valence-corrected chi connectivity index (χ1v) is 8.38. The fourth-order valence-electron chi connectivity index (χ4n) is 2.09. The highest BCUT2D eigenvalue weighted by Gasteiger charge is 2.12. The van der Waals surface area contributed by atoms with E-state index in [4.69, 9.17) is 15.8 Å². The number of aromatic nitrogens is 3. The van der Waals surface area contributed by atoms with E-state index < -0.39 is 0 Å². The van der Waals surface area contributed by atoms with E-state index in [1.54, 1.807) is 36.4 Å². The highest BCUT2D eigenvalue weighted by Crippen LogP contribution is 2.22. The van der Waals surface area contributed by atoms with E-state index in [0.717, 1.165) is 0 Å². The molecular formula is C17H14FN5OS. The number of nitrogen functional groups attached to an aromatic ring is 1. The van der Waals surface area contributed by atoms with Crippen molar-refractivity contribution in [3.8, 4) is 23.2 Å². The number of benzene rings is 2. The molecule has 6 nitrogen and oxygen atoms in total. The third-order valence-corrected chi connectivity index (χ3v) is 4.24. The first-order valence-electron chi connectivity index (χ1n) is 7.39. The monoisotopic (exact) mass is 355 g/mol. The summed E-state index contributed by atoms with van der Waals surface area (Å²) >= 11 is 1.41. The van der Waals surface area contributed by atoms with Crippen molar-refractivity contribution in [3.63, 3.8) is 0 Å². The topological polar surface area (TPSA) is 89.8 Å². The Morgan fingerprint density at radius 3 is 2.52 bits per heavy atom. The SMILES string of the molecule is N#Cc1ccc(OCCSc2nnc(-c3ccc(F)cc3)n2N)cc1. The molecule has 2 aromatic carbocycles. The Labute approximate surface area is 148 Å². The average molecular weight is 355 g/mol. The van der Waals surface area contributed by atoms with Crippen LogP contribution in [0.3, 0.4) is 0 Å². The molecule has 2 N–H and O–H groups in total. The van der Waals surface area contributed by atoms with Crippen LogP contribution >= 0.6 is 11.8 Å². The lowest BCUT2D eigenvalue weighted by Gasteiger charge is -2.06. The quantitative estimate of drug-likeness (QED) is 0.415. The molecule has 1 aromatic heterocycles. The average Bonchev–Trinajstić information content (AvgIpc) is 3.01. The summed E-state index contributed by atoms with van der Waals surface area (Å²) in [5.41, 5.74) is 1.28. The summed E-state index contributed by atoms with van der Waals surface area (Å²) in [6, 6.07) is 14.9. The lowest BCUT2D eigenvalue weighted by atomic mass is 10.2. The molecule has 126 valence electrons. The molecule has 0 aliphatic carbocycles. The number of hydrogen-bond acceptors (Lipinski definition) is 6. The maximum absolute atomic E-state index is 13.0. The molecule has 0 aliphatic rings. The van der Waals surface area contributed by atoms with Crippen molar-refractivity contribution in [1.82, 2.24) is 14.9 Å². The number of nitrogens with two attached hydrogens (primary N) is 1. The van der Waals surface area contributed by atoms with Crippen molar-refractivity contribution in [2.45, 2.75) is 5.16 Å². The predicted molar refractivity (Wildman–Crippen MR) is 92.9 cm³/mol. The van der Waals surface area contributed by atoms with Gasteiger partial charge < -0.3 is 10.6 Å². The molecule has 3 rings (SSSR count). The molecule has 8 heteroatoms. The van der Waals surface area contributed by atoms with Gasteiger partial charge in [-0.1, -0.05) is 11.8 Å². The maximum atomic E-state index is 13.0. The molecule has 0 aliphatic heterocycles. The van der Waals surface area contributed by atoms with Crippen LogP contribution in [0.2, 0.25) is 0 Å². The van der Waals surface area contributed by atoms with Gasteiger partial charge in [-0.2, -0.15) is 5.26 Å². The van der Waals surface area contributed by atoms with Crippen LogP contribution in [0.4, 0.5) is 4.39 Å². The normalized spacial score (nSPS) is 10.4. The van der Waals surface area contributed by atoms with E-state index in [1.807, 2.05) is 0 Å². The summed E-state index contributed by atoms with van der Waals surface area (Å²) in [6.45, 7) is 0.454. The number of hydrogen-bond donors (Lipinski definition) is 1. The minimum atomic E-state index is -0.318. The lowest BCUT2D eigenvalue weighted by molar-refractivity contribution is 0.344. The summed E-state index contributed by atoms with van der Waals surface area (Å²) in [5, 5.41) is 17.4. The second-order valence-electron chi connectivity index (χ2n) is 5.02. The zero-order valence-electron chi connectivity index (χ0n) is 13.1. The third-order valence-electron chi connectivity index (χ3n) is 3.33. The Bertz CT molecular complexity index is 887. The van der Waals surface area contributed by atoms with E-state index >= 15 is 0 Å². The smallest absolute Gasteiger partial charge is 0.210 e. The molecule has 3 aromatic rings. The summed E-state index contributed by atoms with van der Waals surface area (Å²) in [7, 11) is 0. The van der Waals surface area contributed by atoms with Gasteiger partial charge in [0.05, 0.1) is 18.2 Å². The van der Waals surface area contributed by atoms with Crippen molar-refractivity contribution in [1.29, 1.82) is 5.26 Å². The summed E-state index contributed by atoms with van der Waals surface area (Å²) in [5.74, 6) is 7.47. The molecule has 0 saturated heterocycles. The summed E-state index contributed by atoms with van der Waals surface area (Å²) in [4.78, 5) is 0. The van der Waals surface area contributed by atoms with Gasteiger partial charge in [0.2, 0.25) is 5.16 Å². The van der Waals surface area contributed by atoms with Crippen LogP contribution in [0, 0.1) is 17.1 Å². The fourth-order valence-corrected chi connectivity index (χ4v) is 2.76. The first kappa shape index (κ1) is 16.8. The van der Waals surface area contributed by atoms with Crippen molar-refractivity contribution >= 4 is 11.8 Å². The first-order chi connectivity index (χ1) is 12.2. The van der Waals surface area contributed by atoms with Gasteiger partial charge in [-0.05, 0) is 48.5 Å². The van der Waals surface area contributed by atoms with Gasteiger partial charge in [-0.3, -0.25) is 0 Å². The van der Waals surface area contributed by atoms with E-state index in [2.05, 4.69) is 16.3 Å². The number of nitriles is 1. The van der Waals surface area contributed by atoms with Crippen LogP contribution in [0.15, 0.2) is 53.7 Å². The number of nitrogens with zero attached hydrogens (tertiary/aromatic N) is 4. The fraction of sp³-hybridized carbons (Fsp3) is 0.118. The van der Waals surface area contributed by atoms with Crippen molar-refractivity contribution in [3.05, 3.63) is 59.9 Å². The molecule has 0 fully saturated rings.